The Balaban J connectivity index is 1.32. The van der Waals surface area contributed by atoms with Crippen molar-refractivity contribution in [1.29, 1.82) is 0 Å². The largest absolute Gasteiger partial charge is 0.449 e. The van der Waals surface area contributed by atoms with Gasteiger partial charge < -0.3 is 9.15 Å². The Morgan fingerprint density at radius 1 is 1.00 bits per heavy atom. The van der Waals surface area contributed by atoms with Crippen LogP contribution in [-0.2, 0) is 9.53 Å². The first-order chi connectivity index (χ1) is 17.5. The molecule has 0 radical (unpaired) electrons. The molecule has 180 valence electrons. The number of hydrogen-bond acceptors (Lipinski definition) is 7. The molecule has 0 fully saturated rings. The van der Waals surface area contributed by atoms with Crippen LogP contribution in [-0.4, -0.2) is 27.9 Å². The van der Waals surface area contributed by atoms with Crippen molar-refractivity contribution in [3.8, 4) is 22.7 Å². The van der Waals surface area contributed by atoms with E-state index >= 15 is 0 Å². The van der Waals surface area contributed by atoms with Gasteiger partial charge in [-0.05, 0) is 36.8 Å². The van der Waals surface area contributed by atoms with E-state index in [1.807, 2.05) is 36.4 Å². The monoisotopic (exact) mass is 517 g/mol. The molecule has 0 aliphatic carbocycles. The Morgan fingerprint density at radius 3 is 2.50 bits per heavy atom. The van der Waals surface area contributed by atoms with Crippen LogP contribution in [0.5, 0.6) is 0 Å². The van der Waals surface area contributed by atoms with Crippen molar-refractivity contribution in [3.05, 3.63) is 88.8 Å². The molecule has 1 unspecified atom stereocenters. The molecule has 2 aromatic heterocycles. The van der Waals surface area contributed by atoms with Gasteiger partial charge in [0.15, 0.2) is 16.8 Å². The molecule has 0 saturated heterocycles. The van der Waals surface area contributed by atoms with Gasteiger partial charge in [0.25, 0.3) is 5.91 Å². The van der Waals surface area contributed by atoms with Crippen LogP contribution in [0.1, 0.15) is 23.7 Å². The number of anilines is 1. The second kappa shape index (κ2) is 10.3. The van der Waals surface area contributed by atoms with E-state index in [1.54, 1.807) is 48.7 Å². The van der Waals surface area contributed by atoms with Crippen LogP contribution in [0.15, 0.2) is 82.6 Å². The lowest BCUT2D eigenvalue weighted by Crippen LogP contribution is -2.32. The number of thiazole rings is 1. The van der Waals surface area contributed by atoms with E-state index in [0.29, 0.717) is 38.4 Å². The van der Waals surface area contributed by atoms with Crippen molar-refractivity contribution in [2.75, 3.05) is 5.32 Å². The van der Waals surface area contributed by atoms with E-state index in [2.05, 4.69) is 15.3 Å². The third-order valence-corrected chi connectivity index (χ3v) is 6.56. The van der Waals surface area contributed by atoms with Gasteiger partial charge in [0.2, 0.25) is 5.89 Å². The molecule has 9 heteroatoms. The van der Waals surface area contributed by atoms with E-state index in [4.69, 9.17) is 20.8 Å². The van der Waals surface area contributed by atoms with E-state index in [9.17, 15) is 9.59 Å². The summed E-state index contributed by atoms with van der Waals surface area (Å²) < 4.78 is 11.4. The molecule has 2 heterocycles. The summed E-state index contributed by atoms with van der Waals surface area (Å²) in [6.07, 6.45) is -0.729. The maximum absolute atomic E-state index is 13.1. The molecule has 0 aliphatic heterocycles. The van der Waals surface area contributed by atoms with Crippen LogP contribution in [0.2, 0.25) is 5.02 Å². The SMILES string of the molecule is CCC(OC(=O)c1ccccc1-c1nc2ccccc2o1)C(=O)Nc1nc(-c2ccccc2Cl)cs1. The number of para-hydroxylation sites is 2. The molecule has 1 N–H and O–H groups in total. The Hall–Kier alpha value is -4.01. The number of hydrogen-bond donors (Lipinski definition) is 1. The van der Waals surface area contributed by atoms with Gasteiger partial charge in [-0.25, -0.2) is 14.8 Å². The number of fused-ring (bicyclic) bond motifs is 1. The molecule has 7 nitrogen and oxygen atoms in total. The lowest BCUT2D eigenvalue weighted by Gasteiger charge is -2.16. The number of esters is 1. The number of nitrogens with zero attached hydrogens (tertiary/aromatic N) is 2. The van der Waals surface area contributed by atoms with Crippen molar-refractivity contribution in [3.63, 3.8) is 0 Å². The molecular weight excluding hydrogens is 498 g/mol. The second-order valence-electron chi connectivity index (χ2n) is 7.84. The van der Waals surface area contributed by atoms with Crippen LogP contribution in [0.25, 0.3) is 33.8 Å². The predicted octanol–water partition coefficient (Wildman–Crippen LogP) is 6.85. The molecule has 0 bridgehead atoms. The van der Waals surface area contributed by atoms with Gasteiger partial charge in [0, 0.05) is 16.0 Å². The maximum Gasteiger partial charge on any atom is 0.339 e. The van der Waals surface area contributed by atoms with Crippen LogP contribution in [0.4, 0.5) is 5.13 Å². The summed E-state index contributed by atoms with van der Waals surface area (Å²) in [6, 6.07) is 21.5. The van der Waals surface area contributed by atoms with Gasteiger partial charge in [-0.2, -0.15) is 0 Å². The number of amides is 1. The Morgan fingerprint density at radius 2 is 1.72 bits per heavy atom. The summed E-state index contributed by atoms with van der Waals surface area (Å²) in [5, 5.41) is 5.50. The molecule has 1 amide bonds. The van der Waals surface area contributed by atoms with Gasteiger partial charge in [0.05, 0.1) is 16.8 Å². The van der Waals surface area contributed by atoms with Gasteiger partial charge in [0.1, 0.15) is 5.52 Å². The molecule has 3 aromatic carbocycles. The highest BCUT2D eigenvalue weighted by atomic mass is 35.5. The van der Waals surface area contributed by atoms with Crippen molar-refractivity contribution in [2.45, 2.75) is 19.4 Å². The smallest absolute Gasteiger partial charge is 0.339 e. The highest BCUT2D eigenvalue weighted by Gasteiger charge is 2.25. The fourth-order valence-corrected chi connectivity index (χ4v) is 4.61. The average molecular weight is 518 g/mol. The lowest BCUT2D eigenvalue weighted by molar-refractivity contribution is -0.124. The predicted molar refractivity (Wildman–Crippen MR) is 140 cm³/mol. The minimum Gasteiger partial charge on any atom is -0.449 e. The molecule has 36 heavy (non-hydrogen) atoms. The number of oxazole rings is 1. The standard InChI is InChI=1S/C27H20ClN3O4S/c1-2-22(24(32)31-27-30-21(15-36-27)18-11-5-6-12-19(18)28)35-26(33)17-10-4-3-9-16(17)25-29-20-13-7-8-14-23(20)34-25/h3-15,22H,2H2,1H3,(H,30,31,32). The summed E-state index contributed by atoms with van der Waals surface area (Å²) in [5.41, 5.74) is 3.45. The first-order valence-corrected chi connectivity index (χ1v) is 12.5. The van der Waals surface area contributed by atoms with Crippen LogP contribution < -0.4 is 5.32 Å². The number of benzene rings is 3. The number of carbonyl (C=O) groups is 2. The Bertz CT molecular complexity index is 1530. The van der Waals surface area contributed by atoms with Crippen molar-refractivity contribution >= 4 is 51.0 Å². The van der Waals surface area contributed by atoms with Gasteiger partial charge >= 0.3 is 5.97 Å². The van der Waals surface area contributed by atoms with Gasteiger partial charge in [-0.1, -0.05) is 61.0 Å². The van der Waals surface area contributed by atoms with Gasteiger partial charge in [-0.3, -0.25) is 10.1 Å². The minimum absolute atomic E-state index is 0.255. The number of rotatable bonds is 7. The van der Waals surface area contributed by atoms with Crippen LogP contribution in [0.3, 0.4) is 0 Å². The third-order valence-electron chi connectivity index (χ3n) is 5.47. The van der Waals surface area contributed by atoms with Gasteiger partial charge in [-0.15, -0.1) is 11.3 Å². The van der Waals surface area contributed by atoms with E-state index in [0.717, 1.165) is 5.56 Å². The van der Waals surface area contributed by atoms with E-state index in [-0.39, 0.29) is 12.0 Å². The lowest BCUT2D eigenvalue weighted by atomic mass is 10.1. The van der Waals surface area contributed by atoms with E-state index < -0.39 is 18.0 Å². The number of nitrogens with one attached hydrogen (secondary N) is 1. The normalized spacial score (nSPS) is 11.8. The molecule has 1 atom stereocenters. The Labute approximate surface area is 215 Å². The average Bonchev–Trinajstić information content (AvgIpc) is 3.54. The zero-order valence-electron chi connectivity index (χ0n) is 19.1. The number of ether oxygens (including phenoxy) is 1. The second-order valence-corrected chi connectivity index (χ2v) is 9.11. The molecule has 0 aliphatic rings. The van der Waals surface area contributed by atoms with Crippen molar-refractivity contribution in [1.82, 2.24) is 9.97 Å². The topological polar surface area (TPSA) is 94.3 Å². The Kier molecular flexibility index (Phi) is 6.79. The first kappa shape index (κ1) is 23.7. The zero-order valence-corrected chi connectivity index (χ0v) is 20.7. The van der Waals surface area contributed by atoms with E-state index in [1.165, 1.54) is 11.3 Å². The van der Waals surface area contributed by atoms with Crippen molar-refractivity contribution < 1.29 is 18.7 Å². The first-order valence-electron chi connectivity index (χ1n) is 11.2. The highest BCUT2D eigenvalue weighted by molar-refractivity contribution is 7.14. The number of halogens is 1. The minimum atomic E-state index is -1.01. The molecule has 0 spiro atoms. The molecule has 0 saturated carbocycles. The summed E-state index contributed by atoms with van der Waals surface area (Å²) in [5.74, 6) is -0.813. The number of carbonyl (C=O) groups excluding carboxylic acids is 2. The maximum atomic E-state index is 13.1. The molecule has 5 rings (SSSR count). The fourth-order valence-electron chi connectivity index (χ4n) is 3.66. The highest BCUT2D eigenvalue weighted by Crippen LogP contribution is 2.31. The van der Waals surface area contributed by atoms with Crippen molar-refractivity contribution in [2.24, 2.45) is 0 Å². The fraction of sp³-hybridized carbons (Fsp3) is 0.111. The molecule has 5 aromatic rings. The van der Waals surface area contributed by atoms with Crippen LogP contribution in [0, 0.1) is 0 Å². The molecular formula is C27H20ClN3O4S. The summed E-state index contributed by atoms with van der Waals surface area (Å²) in [7, 11) is 0. The summed E-state index contributed by atoms with van der Waals surface area (Å²) in [6.45, 7) is 1.77. The quantitative estimate of drug-likeness (QED) is 0.237. The van der Waals surface area contributed by atoms with Crippen LogP contribution >= 0.6 is 22.9 Å². The zero-order chi connectivity index (χ0) is 25.1. The summed E-state index contributed by atoms with van der Waals surface area (Å²) in [4.78, 5) is 35.0. The summed E-state index contributed by atoms with van der Waals surface area (Å²) >= 11 is 7.51. The number of aromatic nitrogens is 2. The third kappa shape index (κ3) is 4.86.